The summed E-state index contributed by atoms with van der Waals surface area (Å²) in [5, 5.41) is 6.04. The summed E-state index contributed by atoms with van der Waals surface area (Å²) in [4.78, 5) is 13.4. The number of amides is 1. The largest absolute Gasteiger partial charge is 0.326 e. The number of anilines is 1. The molecule has 2 N–H and O–H groups in total. The van der Waals surface area contributed by atoms with E-state index in [9.17, 15) is 4.79 Å². The smallest absolute Gasteiger partial charge is 0.221 e. The molecule has 19 heavy (non-hydrogen) atoms. The molecule has 0 aromatic heterocycles. The van der Waals surface area contributed by atoms with Gasteiger partial charge in [-0.05, 0) is 50.2 Å². The van der Waals surface area contributed by atoms with Crippen molar-refractivity contribution in [3.05, 3.63) is 29.8 Å². The minimum Gasteiger partial charge on any atom is -0.326 e. The molecule has 1 aromatic rings. The topological polar surface area (TPSA) is 44.4 Å². The van der Waals surface area contributed by atoms with Crippen LogP contribution < -0.4 is 10.6 Å². The predicted octanol–water partition coefficient (Wildman–Crippen LogP) is 1.69. The lowest BCUT2D eigenvalue weighted by atomic mass is 10.1. The number of benzene rings is 1. The third kappa shape index (κ3) is 4.33. The quantitative estimate of drug-likeness (QED) is 0.847. The van der Waals surface area contributed by atoms with Gasteiger partial charge in [0.15, 0.2) is 0 Å². The van der Waals surface area contributed by atoms with Crippen LogP contribution >= 0.6 is 0 Å². The van der Waals surface area contributed by atoms with E-state index >= 15 is 0 Å². The van der Waals surface area contributed by atoms with Crippen molar-refractivity contribution < 1.29 is 4.79 Å². The van der Waals surface area contributed by atoms with E-state index in [0.717, 1.165) is 24.7 Å². The Labute approximate surface area is 115 Å². The monoisotopic (exact) mass is 261 g/mol. The second-order valence-corrected chi connectivity index (χ2v) is 5.33. The summed E-state index contributed by atoms with van der Waals surface area (Å²) < 4.78 is 0. The van der Waals surface area contributed by atoms with Crippen molar-refractivity contribution >= 4 is 11.6 Å². The zero-order valence-electron chi connectivity index (χ0n) is 11.8. The van der Waals surface area contributed by atoms with Crippen molar-refractivity contribution in [1.82, 2.24) is 10.2 Å². The number of likely N-dealkylation sites (tertiary alicyclic amines) is 1. The van der Waals surface area contributed by atoms with Gasteiger partial charge in [0.05, 0.1) is 0 Å². The Balaban J connectivity index is 1.85. The third-order valence-corrected chi connectivity index (χ3v) is 3.54. The van der Waals surface area contributed by atoms with Gasteiger partial charge in [-0.15, -0.1) is 0 Å². The lowest BCUT2D eigenvalue weighted by molar-refractivity contribution is -0.114. The summed E-state index contributed by atoms with van der Waals surface area (Å²) in [7, 11) is 2.02. The first-order chi connectivity index (χ1) is 9.17. The van der Waals surface area contributed by atoms with E-state index in [0.29, 0.717) is 0 Å². The average Bonchev–Trinajstić information content (AvgIpc) is 2.79. The fourth-order valence-electron chi connectivity index (χ4n) is 2.67. The van der Waals surface area contributed by atoms with Gasteiger partial charge in [-0.2, -0.15) is 0 Å². The molecule has 1 aromatic carbocycles. The average molecular weight is 261 g/mol. The Morgan fingerprint density at radius 3 is 2.74 bits per heavy atom. The number of nitrogens with one attached hydrogen (secondary N) is 2. The Bertz CT molecular complexity index is 416. The van der Waals surface area contributed by atoms with Crippen LogP contribution in [0.2, 0.25) is 0 Å². The Morgan fingerprint density at radius 1 is 1.37 bits per heavy atom. The number of carbonyl (C=O) groups is 1. The lowest BCUT2D eigenvalue weighted by Gasteiger charge is -2.16. The first kappa shape index (κ1) is 14.0. The summed E-state index contributed by atoms with van der Waals surface area (Å²) in [5.41, 5.74) is 2.17. The van der Waals surface area contributed by atoms with Crippen molar-refractivity contribution in [2.24, 2.45) is 5.92 Å². The van der Waals surface area contributed by atoms with Crippen LogP contribution in [0, 0.1) is 5.92 Å². The number of nitrogens with zero attached hydrogens (tertiary/aromatic N) is 1. The normalized spacial score (nSPS) is 19.6. The summed E-state index contributed by atoms with van der Waals surface area (Å²) in [5.74, 6) is 0.755. The molecule has 1 aliphatic rings. The molecule has 0 aliphatic carbocycles. The van der Waals surface area contributed by atoms with Gasteiger partial charge in [-0.1, -0.05) is 12.1 Å². The second kappa shape index (κ2) is 6.68. The number of carbonyl (C=O) groups excluding carboxylic acids is 1. The van der Waals surface area contributed by atoms with Gasteiger partial charge in [0.25, 0.3) is 0 Å². The standard InChI is InChI=1S/C15H23N3O/c1-12(19)17-15-5-3-13(4-6-15)10-18-8-7-14(11-18)9-16-2/h3-6,14,16H,7-11H2,1-2H3,(H,17,19). The minimum atomic E-state index is -0.0257. The predicted molar refractivity (Wildman–Crippen MR) is 78.1 cm³/mol. The molecular formula is C15H23N3O. The second-order valence-electron chi connectivity index (χ2n) is 5.33. The van der Waals surface area contributed by atoms with Gasteiger partial charge in [-0.3, -0.25) is 9.69 Å². The molecule has 4 heteroatoms. The molecule has 2 rings (SSSR count). The Hall–Kier alpha value is -1.39. The van der Waals surface area contributed by atoms with Crippen molar-refractivity contribution in [2.75, 3.05) is 32.0 Å². The maximum atomic E-state index is 10.9. The summed E-state index contributed by atoms with van der Waals surface area (Å²) in [6.45, 7) is 5.99. The summed E-state index contributed by atoms with van der Waals surface area (Å²) >= 11 is 0. The molecule has 104 valence electrons. The molecule has 1 unspecified atom stereocenters. The van der Waals surface area contributed by atoms with Crippen molar-refractivity contribution in [2.45, 2.75) is 19.9 Å². The molecule has 0 radical (unpaired) electrons. The molecule has 0 saturated carbocycles. The van der Waals surface area contributed by atoms with Gasteiger partial charge in [0.1, 0.15) is 0 Å². The fraction of sp³-hybridized carbons (Fsp3) is 0.533. The van der Waals surface area contributed by atoms with Crippen LogP contribution in [0.3, 0.4) is 0 Å². The molecule has 1 fully saturated rings. The highest BCUT2D eigenvalue weighted by atomic mass is 16.1. The molecule has 0 bridgehead atoms. The van der Waals surface area contributed by atoms with Gasteiger partial charge < -0.3 is 10.6 Å². The van der Waals surface area contributed by atoms with E-state index in [-0.39, 0.29) is 5.91 Å². The fourth-order valence-corrected chi connectivity index (χ4v) is 2.67. The van der Waals surface area contributed by atoms with Gasteiger partial charge in [0.2, 0.25) is 5.91 Å². The highest BCUT2D eigenvalue weighted by molar-refractivity contribution is 5.88. The van der Waals surface area contributed by atoms with E-state index in [2.05, 4.69) is 27.7 Å². The third-order valence-electron chi connectivity index (χ3n) is 3.54. The van der Waals surface area contributed by atoms with Gasteiger partial charge in [0, 0.05) is 25.7 Å². The highest BCUT2D eigenvalue weighted by Crippen LogP contribution is 2.19. The van der Waals surface area contributed by atoms with E-state index < -0.39 is 0 Å². The van der Waals surface area contributed by atoms with Crippen LogP contribution in [0.25, 0.3) is 0 Å². The van der Waals surface area contributed by atoms with E-state index in [4.69, 9.17) is 0 Å². The van der Waals surface area contributed by atoms with Crippen LogP contribution in [0.4, 0.5) is 5.69 Å². The Morgan fingerprint density at radius 2 is 2.11 bits per heavy atom. The molecule has 4 nitrogen and oxygen atoms in total. The molecular weight excluding hydrogens is 238 g/mol. The summed E-state index contributed by atoms with van der Waals surface area (Å²) in [6, 6.07) is 8.13. The lowest BCUT2D eigenvalue weighted by Crippen LogP contribution is -2.24. The highest BCUT2D eigenvalue weighted by Gasteiger charge is 2.21. The van der Waals surface area contributed by atoms with Crippen LogP contribution in [0.5, 0.6) is 0 Å². The Kier molecular flexibility index (Phi) is 4.93. The maximum absolute atomic E-state index is 10.9. The first-order valence-corrected chi connectivity index (χ1v) is 6.91. The summed E-state index contributed by atoms with van der Waals surface area (Å²) in [6.07, 6.45) is 1.28. The van der Waals surface area contributed by atoms with Crippen molar-refractivity contribution in [3.63, 3.8) is 0 Å². The SMILES string of the molecule is CNCC1CCN(Cc2ccc(NC(C)=O)cc2)C1. The molecule has 0 spiro atoms. The first-order valence-electron chi connectivity index (χ1n) is 6.91. The minimum absolute atomic E-state index is 0.0257. The van der Waals surface area contributed by atoms with Crippen LogP contribution in [-0.2, 0) is 11.3 Å². The van der Waals surface area contributed by atoms with Crippen LogP contribution in [0.15, 0.2) is 24.3 Å². The molecule has 1 aliphatic heterocycles. The van der Waals surface area contributed by atoms with Gasteiger partial charge >= 0.3 is 0 Å². The number of hydrogen-bond acceptors (Lipinski definition) is 3. The van der Waals surface area contributed by atoms with Crippen LogP contribution in [-0.4, -0.2) is 37.5 Å². The molecule has 1 heterocycles. The van der Waals surface area contributed by atoms with Gasteiger partial charge in [-0.25, -0.2) is 0 Å². The zero-order chi connectivity index (χ0) is 13.7. The number of rotatable bonds is 5. The van der Waals surface area contributed by atoms with Crippen molar-refractivity contribution in [1.29, 1.82) is 0 Å². The van der Waals surface area contributed by atoms with E-state index in [1.54, 1.807) is 0 Å². The van der Waals surface area contributed by atoms with Crippen molar-refractivity contribution in [3.8, 4) is 0 Å². The van der Waals surface area contributed by atoms with E-state index in [1.165, 1.54) is 32.0 Å². The maximum Gasteiger partial charge on any atom is 0.221 e. The van der Waals surface area contributed by atoms with E-state index in [1.807, 2.05) is 19.2 Å². The number of hydrogen-bond donors (Lipinski definition) is 2. The zero-order valence-corrected chi connectivity index (χ0v) is 11.8. The molecule has 1 atom stereocenters. The van der Waals surface area contributed by atoms with Crippen LogP contribution in [0.1, 0.15) is 18.9 Å². The molecule has 1 amide bonds. The molecule has 1 saturated heterocycles.